The highest BCUT2D eigenvalue weighted by molar-refractivity contribution is 5.81. The molecule has 5 heteroatoms. The Labute approximate surface area is 171 Å². The number of nitrogens with one attached hydrogen (secondary N) is 1. The third kappa shape index (κ3) is 4.00. The van der Waals surface area contributed by atoms with Crippen LogP contribution in [-0.2, 0) is 9.53 Å². The largest absolute Gasteiger partial charge is 0.480 e. The van der Waals surface area contributed by atoms with E-state index >= 15 is 0 Å². The molecule has 1 unspecified atom stereocenters. The number of ether oxygens (including phenoxy) is 1. The average Bonchev–Trinajstić information content (AvgIpc) is 3.05. The number of carbonyl (C=O) groups excluding carboxylic acids is 1. The van der Waals surface area contributed by atoms with E-state index in [1.807, 2.05) is 24.3 Å². The molecule has 1 atom stereocenters. The number of hydrogen-bond donors (Lipinski definition) is 2. The molecule has 29 heavy (non-hydrogen) atoms. The molecule has 0 radical (unpaired) electrons. The third-order valence-electron chi connectivity index (χ3n) is 6.42. The standard InChI is InChI=1S/C24H27NO4/c1-15-10-12-16(13-11-15)22(23(26)27)25-24(28)29-14-21-19-8-4-2-6-17(19)18-7-3-5-9-20(18)21/h2-9,15-16,21-22H,10-14H2,1H3,(H,25,28)(H,26,27). The minimum absolute atomic E-state index is 0.0352. The lowest BCUT2D eigenvalue weighted by molar-refractivity contribution is -0.141. The first-order chi connectivity index (χ1) is 14.0. The van der Waals surface area contributed by atoms with Gasteiger partial charge in [0.2, 0.25) is 0 Å². The van der Waals surface area contributed by atoms with Crippen LogP contribution in [0.5, 0.6) is 0 Å². The van der Waals surface area contributed by atoms with Crippen LogP contribution in [0.25, 0.3) is 11.1 Å². The molecule has 0 aliphatic heterocycles. The number of amides is 1. The lowest BCUT2D eigenvalue weighted by Crippen LogP contribution is -2.47. The molecule has 1 saturated carbocycles. The van der Waals surface area contributed by atoms with E-state index in [4.69, 9.17) is 4.74 Å². The van der Waals surface area contributed by atoms with Gasteiger partial charge in [-0.05, 0) is 46.9 Å². The fourth-order valence-electron chi connectivity index (χ4n) is 4.77. The lowest BCUT2D eigenvalue weighted by atomic mass is 9.79. The zero-order valence-corrected chi connectivity index (χ0v) is 16.6. The van der Waals surface area contributed by atoms with E-state index in [-0.39, 0.29) is 18.4 Å². The molecular formula is C24H27NO4. The van der Waals surface area contributed by atoms with Crippen molar-refractivity contribution in [2.75, 3.05) is 6.61 Å². The summed E-state index contributed by atoms with van der Waals surface area (Å²) in [5.41, 5.74) is 4.60. The maximum Gasteiger partial charge on any atom is 0.407 e. The van der Waals surface area contributed by atoms with Crippen molar-refractivity contribution in [3.05, 3.63) is 59.7 Å². The summed E-state index contributed by atoms with van der Waals surface area (Å²) in [4.78, 5) is 24.2. The molecule has 2 aliphatic rings. The van der Waals surface area contributed by atoms with Crippen LogP contribution in [0.15, 0.2) is 48.5 Å². The zero-order valence-electron chi connectivity index (χ0n) is 16.6. The van der Waals surface area contributed by atoms with Gasteiger partial charge in [0.25, 0.3) is 0 Å². The summed E-state index contributed by atoms with van der Waals surface area (Å²) in [6.07, 6.45) is 2.99. The topological polar surface area (TPSA) is 75.6 Å². The predicted octanol–water partition coefficient (Wildman–Crippen LogP) is 4.80. The maximum atomic E-state index is 12.4. The summed E-state index contributed by atoms with van der Waals surface area (Å²) >= 11 is 0. The molecule has 1 fully saturated rings. The number of carbonyl (C=O) groups is 2. The molecule has 5 nitrogen and oxygen atoms in total. The minimum Gasteiger partial charge on any atom is -0.480 e. The van der Waals surface area contributed by atoms with Crippen LogP contribution in [-0.4, -0.2) is 29.8 Å². The van der Waals surface area contributed by atoms with Crippen LogP contribution in [0.3, 0.4) is 0 Å². The van der Waals surface area contributed by atoms with Crippen molar-refractivity contribution >= 4 is 12.1 Å². The number of rotatable bonds is 5. The number of aliphatic carboxylic acids is 1. The predicted molar refractivity (Wildman–Crippen MR) is 111 cm³/mol. The Balaban J connectivity index is 1.42. The van der Waals surface area contributed by atoms with Crippen LogP contribution in [0.1, 0.15) is 49.7 Å². The first kappa shape index (κ1) is 19.5. The molecule has 4 rings (SSSR count). The van der Waals surface area contributed by atoms with Crippen molar-refractivity contribution < 1.29 is 19.4 Å². The summed E-state index contributed by atoms with van der Waals surface area (Å²) in [5, 5.41) is 12.2. The lowest BCUT2D eigenvalue weighted by Gasteiger charge is -2.30. The fraction of sp³-hybridized carbons (Fsp3) is 0.417. The van der Waals surface area contributed by atoms with Crippen molar-refractivity contribution in [3.63, 3.8) is 0 Å². The van der Waals surface area contributed by atoms with Crippen molar-refractivity contribution in [2.45, 2.75) is 44.6 Å². The highest BCUT2D eigenvalue weighted by Gasteiger charge is 2.34. The van der Waals surface area contributed by atoms with Gasteiger partial charge < -0.3 is 15.2 Å². The summed E-state index contributed by atoms with van der Waals surface area (Å²) in [6, 6.07) is 15.4. The Hall–Kier alpha value is -2.82. The van der Waals surface area contributed by atoms with Gasteiger partial charge >= 0.3 is 12.1 Å². The van der Waals surface area contributed by atoms with Crippen molar-refractivity contribution in [3.8, 4) is 11.1 Å². The Morgan fingerprint density at radius 2 is 1.55 bits per heavy atom. The first-order valence-corrected chi connectivity index (χ1v) is 10.4. The SMILES string of the molecule is CC1CCC(C(NC(=O)OCC2c3ccccc3-c3ccccc32)C(=O)O)CC1. The molecule has 2 aromatic rings. The number of alkyl carbamates (subject to hydrolysis) is 1. The van der Waals surface area contributed by atoms with Gasteiger partial charge in [-0.15, -0.1) is 0 Å². The highest BCUT2D eigenvalue weighted by atomic mass is 16.5. The minimum atomic E-state index is -0.988. The fourth-order valence-corrected chi connectivity index (χ4v) is 4.77. The van der Waals surface area contributed by atoms with Gasteiger partial charge in [0, 0.05) is 5.92 Å². The van der Waals surface area contributed by atoms with E-state index in [9.17, 15) is 14.7 Å². The summed E-state index contributed by atoms with van der Waals surface area (Å²) in [7, 11) is 0. The average molecular weight is 393 g/mol. The monoisotopic (exact) mass is 393 g/mol. The van der Waals surface area contributed by atoms with Gasteiger partial charge in [0.1, 0.15) is 12.6 Å². The number of carboxylic acids is 1. The Kier molecular flexibility index (Phi) is 5.56. The van der Waals surface area contributed by atoms with Gasteiger partial charge in [0.15, 0.2) is 0 Å². The van der Waals surface area contributed by atoms with E-state index in [1.54, 1.807) is 0 Å². The Morgan fingerprint density at radius 1 is 1.00 bits per heavy atom. The number of hydrogen-bond acceptors (Lipinski definition) is 3. The second-order valence-corrected chi connectivity index (χ2v) is 8.31. The van der Waals surface area contributed by atoms with Gasteiger partial charge in [-0.3, -0.25) is 0 Å². The highest BCUT2D eigenvalue weighted by Crippen LogP contribution is 2.44. The van der Waals surface area contributed by atoms with E-state index < -0.39 is 18.1 Å². The van der Waals surface area contributed by atoms with E-state index in [0.29, 0.717) is 5.92 Å². The zero-order chi connectivity index (χ0) is 20.4. The number of fused-ring (bicyclic) bond motifs is 3. The summed E-state index contributed by atoms with van der Waals surface area (Å²) in [5.74, 6) is -0.440. The van der Waals surface area contributed by atoms with Crippen LogP contribution < -0.4 is 5.32 Å². The summed E-state index contributed by atoms with van der Waals surface area (Å²) < 4.78 is 5.52. The van der Waals surface area contributed by atoms with Crippen molar-refractivity contribution in [2.24, 2.45) is 11.8 Å². The molecule has 0 saturated heterocycles. The maximum absolute atomic E-state index is 12.4. The van der Waals surface area contributed by atoms with Crippen molar-refractivity contribution in [1.29, 1.82) is 0 Å². The van der Waals surface area contributed by atoms with Gasteiger partial charge in [-0.2, -0.15) is 0 Å². The molecule has 0 spiro atoms. The molecule has 0 bridgehead atoms. The normalized spacial score (nSPS) is 21.7. The van der Waals surface area contributed by atoms with Crippen LogP contribution in [0.4, 0.5) is 4.79 Å². The molecule has 2 aromatic carbocycles. The van der Waals surface area contributed by atoms with Gasteiger partial charge in [0.05, 0.1) is 0 Å². The first-order valence-electron chi connectivity index (χ1n) is 10.4. The molecule has 2 N–H and O–H groups in total. The van der Waals surface area contributed by atoms with Crippen LogP contribution >= 0.6 is 0 Å². The third-order valence-corrected chi connectivity index (χ3v) is 6.42. The van der Waals surface area contributed by atoms with Gasteiger partial charge in [-0.25, -0.2) is 9.59 Å². The Bertz CT molecular complexity index is 856. The molecule has 152 valence electrons. The van der Waals surface area contributed by atoms with Crippen LogP contribution in [0.2, 0.25) is 0 Å². The van der Waals surface area contributed by atoms with E-state index in [0.717, 1.165) is 47.9 Å². The smallest absolute Gasteiger partial charge is 0.407 e. The quantitative estimate of drug-likeness (QED) is 0.765. The van der Waals surface area contributed by atoms with E-state index in [1.165, 1.54) is 0 Å². The van der Waals surface area contributed by atoms with E-state index in [2.05, 4.69) is 36.5 Å². The molecule has 1 amide bonds. The molecule has 2 aliphatic carbocycles. The van der Waals surface area contributed by atoms with Crippen LogP contribution in [0, 0.1) is 11.8 Å². The second kappa shape index (κ2) is 8.27. The molecular weight excluding hydrogens is 366 g/mol. The van der Waals surface area contributed by atoms with Crippen molar-refractivity contribution in [1.82, 2.24) is 5.32 Å². The number of carboxylic acid groups (broad SMARTS) is 1. The molecule has 0 heterocycles. The molecule has 0 aromatic heterocycles. The van der Waals surface area contributed by atoms with Gasteiger partial charge in [-0.1, -0.05) is 68.3 Å². The number of benzene rings is 2. The second-order valence-electron chi connectivity index (χ2n) is 8.31. The Morgan fingerprint density at radius 3 is 2.10 bits per heavy atom. The summed E-state index contributed by atoms with van der Waals surface area (Å²) in [6.45, 7) is 2.37.